The molecule has 1 aliphatic heterocycles. The molecule has 5 rings (SSSR count). The number of aryl methyl sites for hydroxylation is 3. The Labute approximate surface area is 206 Å². The Morgan fingerprint density at radius 2 is 1.88 bits per heavy atom. The molecule has 1 aromatic carbocycles. The van der Waals surface area contributed by atoms with Crippen molar-refractivity contribution in [1.29, 1.82) is 0 Å². The number of urea groups is 1. The number of hydrogen-bond acceptors (Lipinski definition) is 5. The number of benzene rings is 1. The quantitative estimate of drug-likeness (QED) is 0.513. The summed E-state index contributed by atoms with van der Waals surface area (Å²) >= 11 is 1.88. The first-order valence-corrected chi connectivity index (χ1v) is 13.6. The van der Waals surface area contributed by atoms with Crippen molar-refractivity contribution in [2.75, 3.05) is 36.4 Å². The van der Waals surface area contributed by atoms with Gasteiger partial charge in [-0.2, -0.15) is 0 Å². The topological polar surface area (TPSA) is 61.4 Å². The fraction of sp³-hybridized carbons (Fsp3) is 0.519. The zero-order chi connectivity index (χ0) is 23.7. The molecule has 7 heteroatoms. The van der Waals surface area contributed by atoms with Crippen molar-refractivity contribution in [3.8, 4) is 0 Å². The predicted molar refractivity (Wildman–Crippen MR) is 141 cm³/mol. The highest BCUT2D eigenvalue weighted by molar-refractivity contribution is 7.19. The highest BCUT2D eigenvalue weighted by Crippen LogP contribution is 2.41. The van der Waals surface area contributed by atoms with Crippen molar-refractivity contribution in [1.82, 2.24) is 14.9 Å². The van der Waals surface area contributed by atoms with Crippen LogP contribution in [0.5, 0.6) is 0 Å². The number of hydrogen-bond donors (Lipinski definition) is 1. The second-order valence-corrected chi connectivity index (χ2v) is 10.8. The van der Waals surface area contributed by atoms with Crippen LogP contribution in [-0.2, 0) is 25.7 Å². The molecule has 1 fully saturated rings. The molecule has 2 aliphatic rings. The maximum Gasteiger partial charge on any atom is 0.321 e. The Kier molecular flexibility index (Phi) is 6.73. The smallest absolute Gasteiger partial charge is 0.321 e. The van der Waals surface area contributed by atoms with E-state index in [1.165, 1.54) is 27.8 Å². The van der Waals surface area contributed by atoms with Crippen LogP contribution in [0, 0.1) is 5.92 Å². The summed E-state index contributed by atoms with van der Waals surface area (Å²) in [4.78, 5) is 29.9. The van der Waals surface area contributed by atoms with Gasteiger partial charge >= 0.3 is 6.03 Å². The van der Waals surface area contributed by atoms with Gasteiger partial charge in [0, 0.05) is 43.2 Å². The van der Waals surface area contributed by atoms with Crippen molar-refractivity contribution in [3.05, 3.63) is 46.1 Å². The molecule has 6 nitrogen and oxygen atoms in total. The molecule has 0 radical (unpaired) electrons. The van der Waals surface area contributed by atoms with E-state index in [0.717, 1.165) is 73.3 Å². The highest BCUT2D eigenvalue weighted by Gasteiger charge is 2.28. The third-order valence-electron chi connectivity index (χ3n) is 7.14. The minimum Gasteiger partial charge on any atom is -0.352 e. The van der Waals surface area contributed by atoms with Gasteiger partial charge in [0.1, 0.15) is 16.5 Å². The van der Waals surface area contributed by atoms with E-state index >= 15 is 0 Å². The predicted octanol–water partition coefficient (Wildman–Crippen LogP) is 5.69. The van der Waals surface area contributed by atoms with Crippen LogP contribution in [0.25, 0.3) is 10.2 Å². The third kappa shape index (κ3) is 4.63. The molecule has 34 heavy (non-hydrogen) atoms. The van der Waals surface area contributed by atoms with Crippen molar-refractivity contribution in [2.45, 2.75) is 59.3 Å². The molecule has 1 aliphatic carbocycles. The normalized spacial score (nSPS) is 18.3. The molecule has 1 saturated heterocycles. The fourth-order valence-corrected chi connectivity index (χ4v) is 6.47. The number of nitrogens with zero attached hydrogens (tertiary/aromatic N) is 4. The standard InChI is InChI=1S/C27H35N5OS/c1-4-6-23-29-25(24-21-12-7-18(3)17-22(21)34-26(24)30-23)31-13-15-32(16-14-31)27(33)28-20-10-8-19(5-2)9-11-20/h8-11,18H,4-7,12-17H2,1-3H3,(H,28,33)/t18-/m0/s1. The first-order valence-electron chi connectivity index (χ1n) is 12.8. The van der Waals surface area contributed by atoms with Crippen LogP contribution in [0.15, 0.2) is 24.3 Å². The Morgan fingerprint density at radius 1 is 1.12 bits per heavy atom. The van der Waals surface area contributed by atoms with Gasteiger partial charge in [-0.25, -0.2) is 14.8 Å². The molecule has 0 saturated carbocycles. The first kappa shape index (κ1) is 23.1. The molecule has 180 valence electrons. The summed E-state index contributed by atoms with van der Waals surface area (Å²) in [6.45, 7) is 9.64. The Morgan fingerprint density at radius 3 is 2.59 bits per heavy atom. The Bertz CT molecular complexity index is 1160. The van der Waals surface area contributed by atoms with Gasteiger partial charge in [-0.15, -0.1) is 11.3 Å². The number of rotatable bonds is 5. The summed E-state index contributed by atoms with van der Waals surface area (Å²) in [6, 6.07) is 8.10. The van der Waals surface area contributed by atoms with E-state index in [1.54, 1.807) is 0 Å². The number of nitrogens with one attached hydrogen (secondary N) is 1. The van der Waals surface area contributed by atoms with Gasteiger partial charge in [0.25, 0.3) is 0 Å². The average molecular weight is 478 g/mol. The van der Waals surface area contributed by atoms with Crippen molar-refractivity contribution < 1.29 is 4.79 Å². The monoisotopic (exact) mass is 477 g/mol. The second kappa shape index (κ2) is 9.90. The lowest BCUT2D eigenvalue weighted by atomic mass is 9.89. The van der Waals surface area contributed by atoms with Crippen molar-refractivity contribution in [2.24, 2.45) is 5.92 Å². The summed E-state index contributed by atoms with van der Waals surface area (Å²) in [5, 5.41) is 4.34. The fourth-order valence-electron chi connectivity index (χ4n) is 5.08. The largest absolute Gasteiger partial charge is 0.352 e. The molecule has 0 bridgehead atoms. The summed E-state index contributed by atoms with van der Waals surface area (Å²) in [7, 11) is 0. The highest BCUT2D eigenvalue weighted by atomic mass is 32.1. The molecule has 2 aromatic heterocycles. The average Bonchev–Trinajstić information content (AvgIpc) is 3.21. The lowest BCUT2D eigenvalue weighted by Crippen LogP contribution is -2.50. The van der Waals surface area contributed by atoms with Crippen LogP contribution >= 0.6 is 11.3 Å². The molecule has 2 amide bonds. The lowest BCUT2D eigenvalue weighted by Gasteiger charge is -2.36. The van der Waals surface area contributed by atoms with Crippen LogP contribution in [0.2, 0.25) is 0 Å². The minimum absolute atomic E-state index is 0.0229. The second-order valence-electron chi connectivity index (χ2n) is 9.70. The number of piperazine rings is 1. The van der Waals surface area contributed by atoms with Crippen LogP contribution in [0.1, 0.15) is 55.4 Å². The van der Waals surface area contributed by atoms with Crippen LogP contribution in [0.3, 0.4) is 0 Å². The van der Waals surface area contributed by atoms with Crippen molar-refractivity contribution >= 4 is 39.1 Å². The third-order valence-corrected chi connectivity index (χ3v) is 8.28. The van der Waals surface area contributed by atoms with E-state index in [-0.39, 0.29) is 6.03 Å². The molecule has 1 atom stereocenters. The molecule has 0 spiro atoms. The van der Waals surface area contributed by atoms with Crippen molar-refractivity contribution in [3.63, 3.8) is 0 Å². The molecule has 1 N–H and O–H groups in total. The van der Waals surface area contributed by atoms with E-state index in [0.29, 0.717) is 13.1 Å². The number of fused-ring (bicyclic) bond motifs is 3. The first-order chi connectivity index (χ1) is 16.6. The van der Waals surface area contributed by atoms with Gasteiger partial charge in [0.05, 0.1) is 5.39 Å². The number of thiophene rings is 1. The summed E-state index contributed by atoms with van der Waals surface area (Å²) in [5.41, 5.74) is 3.60. The van der Waals surface area contributed by atoms with E-state index in [4.69, 9.17) is 9.97 Å². The number of amides is 2. The van der Waals surface area contributed by atoms with Gasteiger partial charge < -0.3 is 15.1 Å². The molecular formula is C27H35N5OS. The maximum absolute atomic E-state index is 12.9. The Hall–Kier alpha value is -2.67. The van der Waals surface area contributed by atoms with Gasteiger partial charge in [-0.1, -0.05) is 32.9 Å². The number of anilines is 2. The Balaban J connectivity index is 1.34. The van der Waals surface area contributed by atoms with E-state index in [9.17, 15) is 4.79 Å². The van der Waals surface area contributed by atoms with Gasteiger partial charge in [-0.05, 0) is 61.3 Å². The van der Waals surface area contributed by atoms with E-state index in [2.05, 4.69) is 43.1 Å². The maximum atomic E-state index is 12.9. The number of carbonyl (C=O) groups is 1. The number of aromatic nitrogens is 2. The number of carbonyl (C=O) groups excluding carboxylic acids is 1. The van der Waals surface area contributed by atoms with E-state index < -0.39 is 0 Å². The van der Waals surface area contributed by atoms with E-state index in [1.807, 2.05) is 28.4 Å². The van der Waals surface area contributed by atoms with Gasteiger partial charge in [0.15, 0.2) is 0 Å². The molecule has 3 heterocycles. The SMILES string of the molecule is CCCc1nc(N2CCN(C(=O)Nc3ccc(CC)cc3)CC2)c2c3c(sc2n1)C[C@@H](C)CC3. The van der Waals surface area contributed by atoms with Gasteiger partial charge in [0.2, 0.25) is 0 Å². The van der Waals surface area contributed by atoms with Crippen LogP contribution in [-0.4, -0.2) is 47.1 Å². The molecule has 0 unspecified atom stereocenters. The summed E-state index contributed by atoms with van der Waals surface area (Å²) < 4.78 is 0. The molecule has 3 aromatic rings. The lowest BCUT2D eigenvalue weighted by molar-refractivity contribution is 0.208. The zero-order valence-electron chi connectivity index (χ0n) is 20.6. The summed E-state index contributed by atoms with van der Waals surface area (Å²) in [6.07, 6.45) is 6.47. The summed E-state index contributed by atoms with van der Waals surface area (Å²) in [5.74, 6) is 2.79. The zero-order valence-corrected chi connectivity index (χ0v) is 21.4. The minimum atomic E-state index is -0.0229. The van der Waals surface area contributed by atoms with Crippen LogP contribution < -0.4 is 10.2 Å². The van der Waals surface area contributed by atoms with Gasteiger partial charge in [-0.3, -0.25) is 0 Å². The molecular weight excluding hydrogens is 442 g/mol. The van der Waals surface area contributed by atoms with Crippen LogP contribution in [0.4, 0.5) is 16.3 Å².